The minimum atomic E-state index is -0.826. The Labute approximate surface area is 361 Å². The molecule has 56 heavy (non-hydrogen) atoms. The Bertz CT molecular complexity index is 1830. The molecule has 2 saturated carbocycles. The van der Waals surface area contributed by atoms with Gasteiger partial charge in [0, 0.05) is 9.52 Å². The van der Waals surface area contributed by atoms with E-state index < -0.39 is 20.8 Å². The Hall–Kier alpha value is -2.22. The van der Waals surface area contributed by atoms with Crippen LogP contribution < -0.4 is 0 Å². The summed E-state index contributed by atoms with van der Waals surface area (Å²) >= 11 is -0.826. The molecule has 294 valence electrons. The molecule has 0 aliphatic heterocycles. The zero-order chi connectivity index (χ0) is 39.6. The van der Waals surface area contributed by atoms with Crippen LogP contribution in [0, 0.1) is 10.8 Å². The van der Waals surface area contributed by atoms with Crippen LogP contribution in [-0.4, -0.2) is 9.52 Å². The molecule has 4 heteroatoms. The van der Waals surface area contributed by atoms with Gasteiger partial charge in [-0.1, -0.05) is 175 Å². The second-order valence-corrected chi connectivity index (χ2v) is 21.3. The molecule has 0 N–H and O–H groups in total. The van der Waals surface area contributed by atoms with Crippen molar-refractivity contribution in [3.63, 3.8) is 0 Å². The van der Waals surface area contributed by atoms with Crippen molar-refractivity contribution in [2.45, 2.75) is 130 Å². The molecule has 2 aliphatic rings. The summed E-state index contributed by atoms with van der Waals surface area (Å²) in [6, 6.07) is 44.9. The molecule has 0 spiro atoms. The molecular weight excluding hydrogens is 815 g/mol. The summed E-state index contributed by atoms with van der Waals surface area (Å²) in [5.41, 5.74) is 9.55. The summed E-state index contributed by atoms with van der Waals surface area (Å²) in [6.07, 6.45) is 22.2. The minimum absolute atomic E-state index is 0.536. The second kappa shape index (κ2) is 23.4. The maximum atomic E-state index is 4.93. The van der Waals surface area contributed by atoms with Gasteiger partial charge in [0.15, 0.2) is 0 Å². The van der Waals surface area contributed by atoms with Gasteiger partial charge in [0.25, 0.3) is 0 Å². The molecule has 0 amide bonds. The summed E-state index contributed by atoms with van der Waals surface area (Å²) in [5, 5.41) is 5.64. The van der Waals surface area contributed by atoms with E-state index in [1.54, 1.807) is 11.1 Å². The molecule has 0 aromatic heterocycles. The number of fused-ring (bicyclic) bond motifs is 2. The predicted molar refractivity (Wildman–Crippen MR) is 247 cm³/mol. The number of halogens is 2. The average Bonchev–Trinajstić information content (AvgIpc) is 3.65. The normalized spacial score (nSPS) is 16.1. The van der Waals surface area contributed by atoms with Gasteiger partial charge in [-0.05, 0) is 60.5 Å². The first-order valence-electron chi connectivity index (χ1n) is 21.4. The van der Waals surface area contributed by atoms with Gasteiger partial charge >= 0.3 is 37.9 Å². The van der Waals surface area contributed by atoms with E-state index >= 15 is 0 Å². The van der Waals surface area contributed by atoms with E-state index in [-0.39, 0.29) is 0 Å². The first-order chi connectivity index (χ1) is 27.4. The Morgan fingerprint density at radius 3 is 1.18 bits per heavy atom. The Balaban J connectivity index is 0.000000188. The second-order valence-electron chi connectivity index (χ2n) is 16.5. The molecule has 0 nitrogen and oxygen atoms in total. The standard InChI is InChI=1S/2C25H29.C2H6Si.2ClH.Zr/c2*1-2-25(15-8-3-4-9-16-25)19-20-17-22-13-10-14-23(24(22)18-20)21-11-6-5-7-12-21;1-3-2;;;/h2*5-7,10-14,17-18H,2-4,8-9,15-16,19H2,1H3;1-2H3;2*1H;/q2*-1;;;;+4/p-2. The van der Waals surface area contributed by atoms with Crippen LogP contribution in [0.1, 0.15) is 115 Å². The van der Waals surface area contributed by atoms with Crippen LogP contribution in [0.4, 0.5) is 0 Å². The zero-order valence-corrected chi connectivity index (χ0v) is 39.6. The monoisotopic (exact) mass is 876 g/mol. The van der Waals surface area contributed by atoms with Crippen LogP contribution in [0.5, 0.6) is 0 Å². The molecule has 6 aromatic carbocycles. The fourth-order valence-electron chi connectivity index (χ4n) is 9.67. The Morgan fingerprint density at radius 1 is 0.518 bits per heavy atom. The Morgan fingerprint density at radius 2 is 0.857 bits per heavy atom. The van der Waals surface area contributed by atoms with Crippen LogP contribution in [0.3, 0.4) is 0 Å². The van der Waals surface area contributed by atoms with Gasteiger partial charge in [-0.2, -0.15) is 12.1 Å². The summed E-state index contributed by atoms with van der Waals surface area (Å²) in [6.45, 7) is 9.12. The molecule has 2 radical (unpaired) electrons. The summed E-state index contributed by atoms with van der Waals surface area (Å²) in [7, 11) is 11.0. The Kier molecular flexibility index (Phi) is 18.7. The van der Waals surface area contributed by atoms with Crippen LogP contribution >= 0.6 is 17.0 Å². The zero-order valence-electron chi connectivity index (χ0n) is 34.6. The van der Waals surface area contributed by atoms with Gasteiger partial charge in [0.2, 0.25) is 0 Å². The van der Waals surface area contributed by atoms with Crippen LogP contribution in [0.2, 0.25) is 13.1 Å². The van der Waals surface area contributed by atoms with E-state index in [0.29, 0.717) is 10.8 Å². The van der Waals surface area contributed by atoms with E-state index in [9.17, 15) is 0 Å². The third kappa shape index (κ3) is 12.4. The third-order valence-electron chi connectivity index (χ3n) is 12.8. The fourth-order valence-corrected chi connectivity index (χ4v) is 9.67. The quantitative estimate of drug-likeness (QED) is 0.0812. The average molecular weight is 879 g/mol. The van der Waals surface area contributed by atoms with E-state index in [0.717, 1.165) is 9.52 Å². The molecule has 0 heterocycles. The van der Waals surface area contributed by atoms with Crippen molar-refractivity contribution in [3.8, 4) is 22.3 Å². The molecule has 6 aromatic rings. The maximum absolute atomic E-state index is 4.93. The van der Waals surface area contributed by atoms with Crippen molar-refractivity contribution in [2.24, 2.45) is 10.8 Å². The fraction of sp³-hybridized carbons (Fsp3) is 0.423. The van der Waals surface area contributed by atoms with Crippen molar-refractivity contribution < 1.29 is 20.8 Å². The van der Waals surface area contributed by atoms with E-state index in [2.05, 4.69) is 148 Å². The van der Waals surface area contributed by atoms with Gasteiger partial charge in [-0.15, -0.1) is 69.1 Å². The van der Waals surface area contributed by atoms with Gasteiger partial charge in [0.1, 0.15) is 0 Å². The molecule has 8 rings (SSSR count). The number of rotatable bonds is 8. The van der Waals surface area contributed by atoms with Crippen LogP contribution in [0.25, 0.3) is 43.8 Å². The van der Waals surface area contributed by atoms with Crippen LogP contribution in [-0.2, 0) is 33.7 Å². The summed E-state index contributed by atoms with van der Waals surface area (Å²) < 4.78 is 0. The van der Waals surface area contributed by atoms with Gasteiger partial charge in [0.05, 0.1) is 0 Å². The summed E-state index contributed by atoms with van der Waals surface area (Å²) in [4.78, 5) is 0. The van der Waals surface area contributed by atoms with Crippen molar-refractivity contribution in [3.05, 3.63) is 132 Å². The van der Waals surface area contributed by atoms with Crippen molar-refractivity contribution in [1.29, 1.82) is 0 Å². The van der Waals surface area contributed by atoms with Crippen molar-refractivity contribution in [1.82, 2.24) is 0 Å². The molecule has 0 saturated heterocycles. The van der Waals surface area contributed by atoms with E-state index in [1.165, 1.54) is 147 Å². The van der Waals surface area contributed by atoms with Crippen molar-refractivity contribution in [2.75, 3.05) is 0 Å². The molecule has 2 fully saturated rings. The number of hydrogen-bond donors (Lipinski definition) is 0. The summed E-state index contributed by atoms with van der Waals surface area (Å²) in [5.74, 6) is 0. The first kappa shape index (κ1) is 44.9. The third-order valence-corrected chi connectivity index (χ3v) is 12.8. The predicted octanol–water partition coefficient (Wildman–Crippen LogP) is 17.2. The number of benzene rings is 4. The van der Waals surface area contributed by atoms with Crippen LogP contribution in [0.15, 0.2) is 121 Å². The molecule has 0 atom stereocenters. The molecular formula is C52H64Cl2SiZr. The van der Waals surface area contributed by atoms with Gasteiger partial charge < -0.3 is 0 Å². The molecule has 0 bridgehead atoms. The van der Waals surface area contributed by atoms with Gasteiger partial charge in [-0.25, -0.2) is 0 Å². The topological polar surface area (TPSA) is 0 Å². The molecule has 0 unspecified atom stereocenters. The van der Waals surface area contributed by atoms with E-state index in [1.807, 2.05) is 0 Å². The first-order valence-corrected chi connectivity index (χ1v) is 29.8. The molecule has 2 aliphatic carbocycles. The van der Waals surface area contributed by atoms with Gasteiger partial charge in [-0.3, -0.25) is 0 Å². The SMILES string of the molecule is CCC1(Cc2cc3c(-c4ccccc4)cccc3[cH-]2)CCCCCC1.CCC1(Cc2cc3c(-c4ccccc4)cccc3[cH-]2)CCCCCC1.C[Si]C.[Cl][Zr+2][Cl]. The van der Waals surface area contributed by atoms with Crippen molar-refractivity contribution >= 4 is 48.1 Å². The van der Waals surface area contributed by atoms with E-state index in [4.69, 9.17) is 17.0 Å². The number of hydrogen-bond acceptors (Lipinski definition) is 0.